The van der Waals surface area contributed by atoms with E-state index in [2.05, 4.69) is 4.99 Å². The van der Waals surface area contributed by atoms with Gasteiger partial charge < -0.3 is 10.6 Å². The molecule has 0 saturated heterocycles. The lowest BCUT2D eigenvalue weighted by Crippen LogP contribution is -2.30. The first-order chi connectivity index (χ1) is 10.2. The number of anilines is 2. The number of hydrogen-bond donors (Lipinski definition) is 1. The highest BCUT2D eigenvalue weighted by Crippen LogP contribution is 2.37. The number of carbonyl (C=O) groups excluding carboxylic acids is 1. The summed E-state index contributed by atoms with van der Waals surface area (Å²) in [6, 6.07) is 13.9. The van der Waals surface area contributed by atoms with Gasteiger partial charge in [-0.15, -0.1) is 0 Å². The summed E-state index contributed by atoms with van der Waals surface area (Å²) in [5.74, 6) is 0.0608. The largest absolute Gasteiger partial charge is 0.399 e. The Balaban J connectivity index is 1.99. The molecule has 2 aromatic rings. The molecule has 21 heavy (non-hydrogen) atoms. The molecule has 0 bridgehead atoms. The number of nitrogens with zero attached hydrogens (tertiary/aromatic N) is 2. The molecule has 0 aromatic heterocycles. The van der Waals surface area contributed by atoms with E-state index in [1.165, 1.54) is 0 Å². The fraction of sp³-hybridized carbons (Fsp3) is 0.176. The number of carbonyl (C=O) groups is 1. The molecule has 0 aliphatic carbocycles. The van der Waals surface area contributed by atoms with Crippen LogP contribution in [0.1, 0.15) is 16.7 Å². The molecular weight excluding hydrogens is 262 g/mol. The van der Waals surface area contributed by atoms with Crippen LogP contribution in [0.25, 0.3) is 0 Å². The second-order valence-corrected chi connectivity index (χ2v) is 5.40. The van der Waals surface area contributed by atoms with Gasteiger partial charge in [0, 0.05) is 23.4 Å². The summed E-state index contributed by atoms with van der Waals surface area (Å²) in [7, 11) is 0. The van der Waals surface area contributed by atoms with E-state index in [1.54, 1.807) is 0 Å². The summed E-state index contributed by atoms with van der Waals surface area (Å²) in [4.78, 5) is 18.7. The molecule has 0 spiro atoms. The van der Waals surface area contributed by atoms with Crippen LogP contribution in [0.15, 0.2) is 47.5 Å². The van der Waals surface area contributed by atoms with Crippen molar-refractivity contribution in [2.24, 2.45) is 4.99 Å². The topological polar surface area (TPSA) is 58.7 Å². The van der Waals surface area contributed by atoms with Crippen molar-refractivity contribution in [2.75, 3.05) is 23.7 Å². The summed E-state index contributed by atoms with van der Waals surface area (Å²) in [6.45, 7) is 0.917. The lowest BCUT2D eigenvalue weighted by atomic mass is 9.97. The minimum Gasteiger partial charge on any atom is -0.399 e. The molecule has 0 fully saturated rings. The van der Waals surface area contributed by atoms with Gasteiger partial charge in [0.05, 0.1) is 11.4 Å². The molecule has 2 N–H and O–H groups in total. The van der Waals surface area contributed by atoms with Crippen LogP contribution >= 0.6 is 0 Å². The Morgan fingerprint density at radius 3 is 2.76 bits per heavy atom. The molecular formula is C17H15N3O. The van der Waals surface area contributed by atoms with Gasteiger partial charge in [-0.3, -0.25) is 9.79 Å². The van der Waals surface area contributed by atoms with Crippen LogP contribution in [0.5, 0.6) is 0 Å². The van der Waals surface area contributed by atoms with E-state index in [1.807, 2.05) is 47.4 Å². The molecule has 0 atom stereocenters. The minimum atomic E-state index is 0.0608. The molecule has 1 amide bonds. The van der Waals surface area contributed by atoms with E-state index >= 15 is 0 Å². The first kappa shape index (κ1) is 12.1. The summed E-state index contributed by atoms with van der Waals surface area (Å²) < 4.78 is 0. The lowest BCUT2D eigenvalue weighted by Gasteiger charge is -2.18. The maximum absolute atomic E-state index is 12.3. The fourth-order valence-corrected chi connectivity index (χ4v) is 3.16. The van der Waals surface area contributed by atoms with Gasteiger partial charge in [0.15, 0.2) is 0 Å². The van der Waals surface area contributed by atoms with Crippen molar-refractivity contribution in [3.8, 4) is 0 Å². The number of nitrogen functional groups attached to an aromatic ring is 1. The van der Waals surface area contributed by atoms with Crippen LogP contribution in [0.4, 0.5) is 11.4 Å². The van der Waals surface area contributed by atoms with Crippen molar-refractivity contribution in [1.82, 2.24) is 0 Å². The predicted octanol–water partition coefficient (Wildman–Crippen LogP) is 2.01. The molecule has 2 aromatic carbocycles. The monoisotopic (exact) mass is 277 g/mol. The predicted molar refractivity (Wildman–Crippen MR) is 83.9 cm³/mol. The number of nitrogens with two attached hydrogens (primary N) is 1. The number of amides is 1. The third kappa shape index (κ3) is 1.83. The van der Waals surface area contributed by atoms with E-state index in [4.69, 9.17) is 5.73 Å². The Labute approximate surface area is 122 Å². The molecule has 104 valence electrons. The van der Waals surface area contributed by atoms with E-state index in [0.29, 0.717) is 0 Å². The van der Waals surface area contributed by atoms with Crippen molar-refractivity contribution >= 4 is 23.0 Å². The van der Waals surface area contributed by atoms with Gasteiger partial charge in [-0.2, -0.15) is 0 Å². The van der Waals surface area contributed by atoms with E-state index in [9.17, 15) is 4.79 Å². The van der Waals surface area contributed by atoms with Crippen molar-refractivity contribution in [3.63, 3.8) is 0 Å². The quantitative estimate of drug-likeness (QED) is 0.811. The highest BCUT2D eigenvalue weighted by atomic mass is 16.2. The van der Waals surface area contributed by atoms with Gasteiger partial charge >= 0.3 is 0 Å². The first-order valence-corrected chi connectivity index (χ1v) is 7.07. The van der Waals surface area contributed by atoms with Gasteiger partial charge in [0.2, 0.25) is 5.91 Å². The second kappa shape index (κ2) is 4.45. The Bertz CT molecular complexity index is 765. The Kier molecular flexibility index (Phi) is 2.57. The van der Waals surface area contributed by atoms with Crippen LogP contribution < -0.4 is 10.6 Å². The number of benzene rings is 2. The second-order valence-electron chi connectivity index (χ2n) is 5.40. The third-order valence-corrected chi connectivity index (χ3v) is 4.06. The summed E-state index contributed by atoms with van der Waals surface area (Å²) >= 11 is 0. The normalized spacial score (nSPS) is 16.5. The third-order valence-electron chi connectivity index (χ3n) is 4.06. The van der Waals surface area contributed by atoms with Gasteiger partial charge in [-0.25, -0.2) is 0 Å². The van der Waals surface area contributed by atoms with E-state index < -0.39 is 0 Å². The lowest BCUT2D eigenvalue weighted by molar-refractivity contribution is -0.117. The average Bonchev–Trinajstić information content (AvgIpc) is 2.85. The number of hydrogen-bond acceptors (Lipinski definition) is 3. The maximum Gasteiger partial charge on any atom is 0.248 e. The summed E-state index contributed by atoms with van der Waals surface area (Å²) in [5, 5.41) is 0. The molecule has 4 nitrogen and oxygen atoms in total. The van der Waals surface area contributed by atoms with Gasteiger partial charge in [0.1, 0.15) is 6.54 Å². The number of aliphatic imine (C=N–C) groups is 1. The SMILES string of the molecule is Nc1cc2c3c(c1)C(c1ccccc1)=NCC(=O)N3CC2. The highest BCUT2D eigenvalue weighted by Gasteiger charge is 2.31. The van der Waals surface area contributed by atoms with Crippen LogP contribution in [0.2, 0.25) is 0 Å². The molecule has 4 heteroatoms. The van der Waals surface area contributed by atoms with Gasteiger partial charge in [-0.05, 0) is 24.1 Å². The smallest absolute Gasteiger partial charge is 0.248 e. The maximum atomic E-state index is 12.3. The summed E-state index contributed by atoms with van der Waals surface area (Å²) in [5.41, 5.74) is 11.8. The van der Waals surface area contributed by atoms with Crippen LogP contribution in [-0.4, -0.2) is 24.7 Å². The average molecular weight is 277 g/mol. The Morgan fingerprint density at radius 2 is 1.95 bits per heavy atom. The Morgan fingerprint density at radius 1 is 1.14 bits per heavy atom. The first-order valence-electron chi connectivity index (χ1n) is 7.07. The van der Waals surface area contributed by atoms with E-state index in [0.717, 1.165) is 46.7 Å². The minimum absolute atomic E-state index is 0.0608. The standard InChI is InChI=1S/C17H15N3O/c18-13-8-12-6-7-20-15(21)10-19-16(14(9-13)17(12)20)11-4-2-1-3-5-11/h1-5,8-9H,6-7,10,18H2. The van der Waals surface area contributed by atoms with Crippen LogP contribution in [0.3, 0.4) is 0 Å². The fourth-order valence-electron chi connectivity index (χ4n) is 3.16. The Hall–Kier alpha value is -2.62. The zero-order valence-electron chi connectivity index (χ0n) is 11.5. The highest BCUT2D eigenvalue weighted by molar-refractivity contribution is 6.20. The zero-order chi connectivity index (χ0) is 14.4. The van der Waals surface area contributed by atoms with Gasteiger partial charge in [0.25, 0.3) is 0 Å². The van der Waals surface area contributed by atoms with Crippen molar-refractivity contribution < 1.29 is 4.79 Å². The van der Waals surface area contributed by atoms with Crippen molar-refractivity contribution in [1.29, 1.82) is 0 Å². The molecule has 0 unspecified atom stereocenters. The number of rotatable bonds is 1. The van der Waals surface area contributed by atoms with Crippen LogP contribution in [-0.2, 0) is 11.2 Å². The van der Waals surface area contributed by atoms with Gasteiger partial charge in [-0.1, -0.05) is 30.3 Å². The molecule has 2 aliphatic rings. The van der Waals surface area contributed by atoms with Crippen molar-refractivity contribution in [2.45, 2.75) is 6.42 Å². The van der Waals surface area contributed by atoms with Crippen LogP contribution in [0, 0.1) is 0 Å². The van der Waals surface area contributed by atoms with Crippen molar-refractivity contribution in [3.05, 3.63) is 59.2 Å². The molecule has 4 rings (SSSR count). The molecule has 2 aliphatic heterocycles. The summed E-state index contributed by atoms with van der Waals surface area (Å²) in [6.07, 6.45) is 0.862. The molecule has 2 heterocycles. The molecule has 0 saturated carbocycles. The zero-order valence-corrected chi connectivity index (χ0v) is 11.5. The molecule has 0 radical (unpaired) electrons. The van der Waals surface area contributed by atoms with E-state index in [-0.39, 0.29) is 12.5 Å².